The van der Waals surface area contributed by atoms with Gasteiger partial charge in [0, 0.05) is 59.7 Å². The first-order valence-electron chi connectivity index (χ1n) is 10.5. The van der Waals surface area contributed by atoms with Crippen molar-refractivity contribution >= 4 is 5.70 Å². The molecule has 0 atom stereocenters. The van der Waals surface area contributed by atoms with E-state index < -0.39 is 0 Å². The monoisotopic (exact) mass is 420 g/mol. The summed E-state index contributed by atoms with van der Waals surface area (Å²) in [5.41, 5.74) is 5.26. The Morgan fingerprint density at radius 2 is 1.94 bits per heavy atom. The van der Waals surface area contributed by atoms with E-state index in [0.29, 0.717) is 12.5 Å². The summed E-state index contributed by atoms with van der Waals surface area (Å²) < 4.78 is 16.8. The standard InChI is InChI=1S/C24H28N4O3/c1-16-5-6-20(14-25-16)23-21(18(3)31-28-23)15-30-22-8-7-19(13-26-22)17(2)27-24(4)9-11-29-12-10-24/h5-8,13-14,27H,2,9-12,15H2,1,3-4H3. The summed E-state index contributed by atoms with van der Waals surface area (Å²) in [6.07, 6.45) is 5.48. The van der Waals surface area contributed by atoms with Crippen molar-refractivity contribution in [1.29, 1.82) is 0 Å². The van der Waals surface area contributed by atoms with Crippen LogP contribution in [0.1, 0.15) is 42.3 Å². The molecule has 4 rings (SSSR count). The molecule has 3 aromatic heterocycles. The van der Waals surface area contributed by atoms with Gasteiger partial charge in [-0.25, -0.2) is 4.98 Å². The summed E-state index contributed by atoms with van der Waals surface area (Å²) in [5.74, 6) is 1.25. The summed E-state index contributed by atoms with van der Waals surface area (Å²) >= 11 is 0. The van der Waals surface area contributed by atoms with Gasteiger partial charge in [0.1, 0.15) is 18.1 Å². The van der Waals surface area contributed by atoms with Crippen LogP contribution in [0, 0.1) is 13.8 Å². The lowest BCUT2D eigenvalue weighted by Crippen LogP contribution is -2.45. The number of nitrogens with zero attached hydrogens (tertiary/aromatic N) is 3. The van der Waals surface area contributed by atoms with E-state index in [0.717, 1.165) is 65.6 Å². The smallest absolute Gasteiger partial charge is 0.213 e. The maximum absolute atomic E-state index is 5.92. The van der Waals surface area contributed by atoms with Crippen LogP contribution in [0.25, 0.3) is 17.0 Å². The van der Waals surface area contributed by atoms with Gasteiger partial charge in [-0.2, -0.15) is 0 Å². The minimum absolute atomic E-state index is 0.00243. The highest BCUT2D eigenvalue weighted by molar-refractivity contribution is 5.63. The molecule has 1 saturated heterocycles. The number of nitrogens with one attached hydrogen (secondary N) is 1. The minimum atomic E-state index is -0.00243. The van der Waals surface area contributed by atoms with E-state index in [1.807, 2.05) is 38.1 Å². The maximum Gasteiger partial charge on any atom is 0.213 e. The van der Waals surface area contributed by atoms with Crippen molar-refractivity contribution in [2.75, 3.05) is 13.2 Å². The maximum atomic E-state index is 5.92. The second-order valence-electron chi connectivity index (χ2n) is 8.20. The van der Waals surface area contributed by atoms with E-state index in [4.69, 9.17) is 14.0 Å². The fourth-order valence-electron chi connectivity index (χ4n) is 3.57. The van der Waals surface area contributed by atoms with Crippen molar-refractivity contribution in [3.63, 3.8) is 0 Å². The van der Waals surface area contributed by atoms with Crippen molar-refractivity contribution in [2.45, 2.75) is 45.8 Å². The molecule has 162 valence electrons. The zero-order valence-corrected chi connectivity index (χ0v) is 18.3. The number of hydrogen-bond donors (Lipinski definition) is 1. The first-order valence-corrected chi connectivity index (χ1v) is 10.5. The van der Waals surface area contributed by atoms with E-state index in [1.54, 1.807) is 12.4 Å². The Hall–Kier alpha value is -3.19. The van der Waals surface area contributed by atoms with E-state index in [9.17, 15) is 0 Å². The molecule has 0 saturated carbocycles. The average Bonchev–Trinajstić information content (AvgIpc) is 3.13. The highest BCUT2D eigenvalue weighted by atomic mass is 16.5. The lowest BCUT2D eigenvalue weighted by atomic mass is 9.92. The molecule has 1 N–H and O–H groups in total. The molecule has 0 unspecified atom stereocenters. The van der Waals surface area contributed by atoms with Gasteiger partial charge in [-0.3, -0.25) is 4.98 Å². The van der Waals surface area contributed by atoms with E-state index >= 15 is 0 Å². The molecular formula is C24H28N4O3. The van der Waals surface area contributed by atoms with Crippen molar-refractivity contribution in [3.05, 3.63) is 65.8 Å². The summed E-state index contributed by atoms with van der Waals surface area (Å²) in [6.45, 7) is 12.1. The fourth-order valence-corrected chi connectivity index (χ4v) is 3.57. The van der Waals surface area contributed by atoms with Crippen LogP contribution in [0.4, 0.5) is 0 Å². The van der Waals surface area contributed by atoms with Gasteiger partial charge >= 0.3 is 0 Å². The zero-order valence-electron chi connectivity index (χ0n) is 18.3. The van der Waals surface area contributed by atoms with E-state index in [2.05, 4.69) is 33.9 Å². The molecule has 0 amide bonds. The fraction of sp³-hybridized carbons (Fsp3) is 0.375. The van der Waals surface area contributed by atoms with Gasteiger partial charge in [0.25, 0.3) is 0 Å². The Kier molecular flexibility index (Phi) is 6.04. The van der Waals surface area contributed by atoms with Crippen molar-refractivity contribution in [1.82, 2.24) is 20.4 Å². The molecule has 0 aromatic carbocycles. The van der Waals surface area contributed by atoms with Gasteiger partial charge in [0.2, 0.25) is 5.88 Å². The van der Waals surface area contributed by atoms with E-state index in [1.165, 1.54) is 0 Å². The van der Waals surface area contributed by atoms with Crippen molar-refractivity contribution in [2.24, 2.45) is 0 Å². The Morgan fingerprint density at radius 3 is 2.61 bits per heavy atom. The molecular weight excluding hydrogens is 392 g/mol. The highest BCUT2D eigenvalue weighted by Crippen LogP contribution is 2.27. The van der Waals surface area contributed by atoms with Crippen LogP contribution in [0.5, 0.6) is 5.88 Å². The Labute approximate surface area is 182 Å². The number of aryl methyl sites for hydroxylation is 2. The summed E-state index contributed by atoms with van der Waals surface area (Å²) in [6, 6.07) is 7.75. The average molecular weight is 421 g/mol. The van der Waals surface area contributed by atoms with Crippen LogP contribution in [-0.4, -0.2) is 33.9 Å². The van der Waals surface area contributed by atoms with E-state index in [-0.39, 0.29) is 5.54 Å². The largest absolute Gasteiger partial charge is 0.473 e. The number of rotatable bonds is 7. The second kappa shape index (κ2) is 8.89. The Morgan fingerprint density at radius 1 is 1.13 bits per heavy atom. The number of hydrogen-bond acceptors (Lipinski definition) is 7. The molecule has 0 radical (unpaired) electrons. The topological polar surface area (TPSA) is 82.3 Å². The number of ether oxygens (including phenoxy) is 2. The first kappa shape index (κ1) is 21.1. The zero-order chi connectivity index (χ0) is 21.8. The third-order valence-corrected chi connectivity index (χ3v) is 5.67. The predicted octanol–water partition coefficient (Wildman–Crippen LogP) is 4.46. The quantitative estimate of drug-likeness (QED) is 0.604. The van der Waals surface area contributed by atoms with Crippen LogP contribution in [0.2, 0.25) is 0 Å². The van der Waals surface area contributed by atoms with Gasteiger partial charge in [0.05, 0.1) is 5.56 Å². The molecule has 0 bridgehead atoms. The van der Waals surface area contributed by atoms with Gasteiger partial charge in [0.15, 0.2) is 0 Å². The first-order chi connectivity index (χ1) is 14.9. The second-order valence-corrected chi connectivity index (χ2v) is 8.20. The molecule has 7 nitrogen and oxygen atoms in total. The lowest BCUT2D eigenvalue weighted by Gasteiger charge is -2.36. The SMILES string of the molecule is C=C(NC1(C)CCOCC1)c1ccc(OCc2c(-c3ccc(C)nc3)noc2C)nc1. The molecule has 1 aliphatic heterocycles. The van der Waals surface area contributed by atoms with Crippen LogP contribution >= 0.6 is 0 Å². The molecule has 3 aromatic rings. The molecule has 0 spiro atoms. The molecule has 7 heteroatoms. The van der Waals surface area contributed by atoms with Crippen LogP contribution in [-0.2, 0) is 11.3 Å². The molecule has 1 aliphatic rings. The Balaban J connectivity index is 1.41. The molecule has 4 heterocycles. The molecule has 0 aliphatic carbocycles. The summed E-state index contributed by atoms with van der Waals surface area (Å²) in [5, 5.41) is 7.72. The summed E-state index contributed by atoms with van der Waals surface area (Å²) in [7, 11) is 0. The highest BCUT2D eigenvalue weighted by Gasteiger charge is 2.27. The number of pyridine rings is 2. The predicted molar refractivity (Wildman–Crippen MR) is 118 cm³/mol. The Bertz CT molecular complexity index is 1040. The van der Waals surface area contributed by atoms with Gasteiger partial charge < -0.3 is 19.3 Å². The lowest BCUT2D eigenvalue weighted by molar-refractivity contribution is 0.0515. The van der Waals surface area contributed by atoms with Crippen LogP contribution < -0.4 is 10.1 Å². The van der Waals surface area contributed by atoms with Crippen LogP contribution in [0.3, 0.4) is 0 Å². The molecule has 1 fully saturated rings. The molecule has 31 heavy (non-hydrogen) atoms. The number of aromatic nitrogens is 3. The van der Waals surface area contributed by atoms with Gasteiger partial charge in [-0.1, -0.05) is 11.7 Å². The van der Waals surface area contributed by atoms with Crippen molar-refractivity contribution in [3.8, 4) is 17.1 Å². The normalized spacial score (nSPS) is 15.5. The third kappa shape index (κ3) is 4.94. The van der Waals surface area contributed by atoms with Crippen LogP contribution in [0.15, 0.2) is 47.8 Å². The van der Waals surface area contributed by atoms with Gasteiger partial charge in [-0.05, 0) is 51.8 Å². The van der Waals surface area contributed by atoms with Gasteiger partial charge in [-0.15, -0.1) is 0 Å². The minimum Gasteiger partial charge on any atom is -0.473 e. The van der Waals surface area contributed by atoms with Crippen molar-refractivity contribution < 1.29 is 14.0 Å². The third-order valence-electron chi connectivity index (χ3n) is 5.67. The summed E-state index contributed by atoms with van der Waals surface area (Å²) in [4.78, 5) is 8.79.